The number of amides is 1. The van der Waals surface area contributed by atoms with Crippen molar-refractivity contribution in [3.63, 3.8) is 0 Å². The van der Waals surface area contributed by atoms with Gasteiger partial charge in [0, 0.05) is 23.7 Å². The largest absolute Gasteiger partial charge is 0.489 e. The van der Waals surface area contributed by atoms with Crippen LogP contribution in [0.15, 0.2) is 48.5 Å². The molecule has 4 nitrogen and oxygen atoms in total. The van der Waals surface area contributed by atoms with Crippen LogP contribution in [0.25, 0.3) is 0 Å². The van der Waals surface area contributed by atoms with Gasteiger partial charge in [-0.25, -0.2) is 0 Å². The van der Waals surface area contributed by atoms with Crippen molar-refractivity contribution in [2.75, 3.05) is 26.2 Å². The number of likely N-dealkylation sites (tertiary alicyclic amines) is 1. The molecule has 2 atom stereocenters. The minimum atomic E-state index is 0. The van der Waals surface area contributed by atoms with Gasteiger partial charge in [0.05, 0.1) is 0 Å². The molecule has 2 aromatic rings. The van der Waals surface area contributed by atoms with Crippen molar-refractivity contribution >= 4 is 29.9 Å². The van der Waals surface area contributed by atoms with Crippen LogP contribution in [0.2, 0.25) is 5.02 Å². The van der Waals surface area contributed by atoms with Crippen LogP contribution in [0.5, 0.6) is 5.75 Å². The third-order valence-corrected chi connectivity index (χ3v) is 5.96. The van der Waals surface area contributed by atoms with E-state index >= 15 is 0 Å². The Morgan fingerprint density at radius 3 is 2.43 bits per heavy atom. The zero-order chi connectivity index (χ0) is 18.6. The maximum absolute atomic E-state index is 13.0. The Hall–Kier alpha value is -1.75. The first-order valence-corrected chi connectivity index (χ1v) is 10.0. The van der Waals surface area contributed by atoms with E-state index in [0.717, 1.165) is 56.4 Å². The van der Waals surface area contributed by atoms with Gasteiger partial charge in [0.15, 0.2) is 0 Å². The maximum Gasteiger partial charge on any atom is 0.253 e. The van der Waals surface area contributed by atoms with E-state index in [1.165, 1.54) is 0 Å². The maximum atomic E-state index is 13.0. The monoisotopic (exact) mass is 420 g/mol. The second-order valence-electron chi connectivity index (χ2n) is 7.49. The van der Waals surface area contributed by atoms with Gasteiger partial charge >= 0.3 is 0 Å². The Morgan fingerprint density at radius 1 is 1.07 bits per heavy atom. The fourth-order valence-electron chi connectivity index (χ4n) is 4.07. The summed E-state index contributed by atoms with van der Waals surface area (Å²) in [6, 6.07) is 15.1. The third kappa shape index (κ3) is 4.99. The van der Waals surface area contributed by atoms with Crippen LogP contribution in [-0.4, -0.2) is 37.0 Å². The van der Waals surface area contributed by atoms with Crippen LogP contribution < -0.4 is 10.1 Å². The van der Waals surface area contributed by atoms with E-state index in [1.807, 2.05) is 53.4 Å². The molecule has 2 fully saturated rings. The number of carbonyl (C=O) groups is 1. The highest BCUT2D eigenvalue weighted by Crippen LogP contribution is 2.28. The van der Waals surface area contributed by atoms with E-state index in [2.05, 4.69) is 5.32 Å². The quantitative estimate of drug-likeness (QED) is 0.795. The number of nitrogens with zero attached hydrogens (tertiary/aromatic N) is 1. The third-order valence-electron chi connectivity index (χ3n) is 5.71. The number of benzene rings is 2. The molecule has 28 heavy (non-hydrogen) atoms. The number of ether oxygens (including phenoxy) is 1. The molecule has 2 aliphatic heterocycles. The van der Waals surface area contributed by atoms with Crippen molar-refractivity contribution in [1.29, 1.82) is 0 Å². The van der Waals surface area contributed by atoms with Crippen LogP contribution in [0, 0.1) is 11.8 Å². The Bertz CT molecular complexity index is 783. The molecule has 2 heterocycles. The van der Waals surface area contributed by atoms with Gasteiger partial charge < -0.3 is 15.0 Å². The Morgan fingerprint density at radius 2 is 1.75 bits per heavy atom. The summed E-state index contributed by atoms with van der Waals surface area (Å²) in [5, 5.41) is 4.19. The first-order chi connectivity index (χ1) is 13.2. The average Bonchev–Trinajstić information content (AvgIpc) is 3.05. The van der Waals surface area contributed by atoms with E-state index < -0.39 is 0 Å². The average molecular weight is 421 g/mol. The highest BCUT2D eigenvalue weighted by Gasteiger charge is 2.31. The van der Waals surface area contributed by atoms with E-state index in [4.69, 9.17) is 16.3 Å². The van der Waals surface area contributed by atoms with Crippen LogP contribution >= 0.6 is 24.0 Å². The van der Waals surface area contributed by atoms with Crippen molar-refractivity contribution in [1.82, 2.24) is 10.2 Å². The number of hydrogen-bond donors (Lipinski definition) is 1. The number of hydrogen-bond acceptors (Lipinski definition) is 3. The molecule has 0 spiro atoms. The highest BCUT2D eigenvalue weighted by molar-refractivity contribution is 6.30. The van der Waals surface area contributed by atoms with Crippen LogP contribution in [0.4, 0.5) is 0 Å². The van der Waals surface area contributed by atoms with Crippen molar-refractivity contribution in [3.8, 4) is 5.75 Å². The lowest BCUT2D eigenvalue weighted by molar-refractivity contribution is 0.0758. The summed E-state index contributed by atoms with van der Waals surface area (Å²) in [5.41, 5.74) is 1.75. The summed E-state index contributed by atoms with van der Waals surface area (Å²) in [7, 11) is 0. The van der Waals surface area contributed by atoms with Gasteiger partial charge in [-0.2, -0.15) is 0 Å². The number of fused-ring (bicyclic) bond motifs is 1. The van der Waals surface area contributed by atoms with E-state index in [-0.39, 0.29) is 18.3 Å². The van der Waals surface area contributed by atoms with Crippen LogP contribution in [0.1, 0.15) is 28.8 Å². The van der Waals surface area contributed by atoms with Gasteiger partial charge in [-0.1, -0.05) is 29.8 Å². The summed E-state index contributed by atoms with van der Waals surface area (Å²) >= 11 is 5.91. The van der Waals surface area contributed by atoms with Gasteiger partial charge in [-0.05, 0) is 73.7 Å². The van der Waals surface area contributed by atoms with Crippen molar-refractivity contribution in [2.24, 2.45) is 11.8 Å². The lowest BCUT2D eigenvalue weighted by atomic mass is 9.92. The molecule has 2 aromatic carbocycles. The Labute approximate surface area is 177 Å². The van der Waals surface area contributed by atoms with E-state index in [9.17, 15) is 4.79 Å². The van der Waals surface area contributed by atoms with Gasteiger partial charge in [-0.3, -0.25) is 4.79 Å². The van der Waals surface area contributed by atoms with Crippen molar-refractivity contribution in [3.05, 3.63) is 64.7 Å². The first-order valence-electron chi connectivity index (χ1n) is 9.66. The molecular formula is C22H26Cl2N2O2. The minimum Gasteiger partial charge on any atom is -0.489 e. The smallest absolute Gasteiger partial charge is 0.253 e. The summed E-state index contributed by atoms with van der Waals surface area (Å²) in [4.78, 5) is 15.0. The number of carbonyl (C=O) groups excluding carboxylic acids is 1. The van der Waals surface area contributed by atoms with Crippen molar-refractivity contribution < 1.29 is 9.53 Å². The predicted octanol–water partition coefficient (Wildman–Crippen LogP) is 4.41. The molecule has 2 aliphatic rings. The van der Waals surface area contributed by atoms with E-state index in [1.54, 1.807) is 0 Å². The Balaban J connectivity index is 0.00000225. The number of rotatable bonds is 4. The van der Waals surface area contributed by atoms with Crippen LogP contribution in [0.3, 0.4) is 0 Å². The van der Waals surface area contributed by atoms with Gasteiger partial charge in [0.1, 0.15) is 12.4 Å². The Kier molecular flexibility index (Phi) is 7.22. The fourth-order valence-corrected chi connectivity index (χ4v) is 4.20. The highest BCUT2D eigenvalue weighted by atomic mass is 35.5. The van der Waals surface area contributed by atoms with Gasteiger partial charge in [-0.15, -0.1) is 12.4 Å². The fraction of sp³-hybridized carbons (Fsp3) is 0.409. The molecule has 2 saturated heterocycles. The predicted molar refractivity (Wildman–Crippen MR) is 114 cm³/mol. The second-order valence-corrected chi connectivity index (χ2v) is 7.93. The molecule has 1 N–H and O–H groups in total. The lowest BCUT2D eigenvalue weighted by Crippen LogP contribution is -2.32. The van der Waals surface area contributed by atoms with Gasteiger partial charge in [0.2, 0.25) is 0 Å². The summed E-state index contributed by atoms with van der Waals surface area (Å²) in [5.74, 6) is 2.26. The zero-order valence-electron chi connectivity index (χ0n) is 15.8. The summed E-state index contributed by atoms with van der Waals surface area (Å²) in [6.45, 7) is 4.34. The van der Waals surface area contributed by atoms with Gasteiger partial charge in [0.25, 0.3) is 5.91 Å². The standard InChI is InChI=1S/C22H25ClN2O2.ClH/c23-20-6-4-16(5-7-20)15-27-21-3-1-2-17(12-21)22(26)25-10-8-18-13-24-14-19(18)9-11-25;/h1-7,12,18-19,24H,8-11,13-15H2;1H/t18-,19+;. The molecule has 4 rings (SSSR count). The molecule has 0 saturated carbocycles. The zero-order valence-corrected chi connectivity index (χ0v) is 17.3. The molecule has 0 bridgehead atoms. The summed E-state index contributed by atoms with van der Waals surface area (Å²) in [6.07, 6.45) is 2.19. The first kappa shape index (κ1) is 21.0. The topological polar surface area (TPSA) is 41.6 Å². The van der Waals surface area contributed by atoms with E-state index in [0.29, 0.717) is 22.9 Å². The van der Waals surface area contributed by atoms with Crippen LogP contribution in [-0.2, 0) is 6.61 Å². The molecule has 150 valence electrons. The second kappa shape index (κ2) is 9.64. The SMILES string of the molecule is Cl.O=C(c1cccc(OCc2ccc(Cl)cc2)c1)N1CC[C@@H]2CNC[C@@H]2CC1. The number of halogens is 2. The number of nitrogens with one attached hydrogen (secondary N) is 1. The molecule has 6 heteroatoms. The molecule has 1 amide bonds. The molecule has 0 radical (unpaired) electrons. The summed E-state index contributed by atoms with van der Waals surface area (Å²) < 4.78 is 5.87. The minimum absolute atomic E-state index is 0. The lowest BCUT2D eigenvalue weighted by Gasteiger charge is -2.21. The molecule has 0 unspecified atom stereocenters. The molecule has 0 aliphatic carbocycles. The normalized spacial score (nSPS) is 21.4. The molecule has 0 aromatic heterocycles. The van der Waals surface area contributed by atoms with Crippen molar-refractivity contribution in [2.45, 2.75) is 19.4 Å². The molecular weight excluding hydrogens is 395 g/mol.